The number of hydrogen-bond acceptors (Lipinski definition) is 7. The maximum atomic E-state index is 10.3. The lowest BCUT2D eigenvalue weighted by molar-refractivity contribution is 0.00621. The summed E-state index contributed by atoms with van der Waals surface area (Å²) in [4.78, 5) is 0. The molecule has 0 saturated heterocycles. The van der Waals surface area contributed by atoms with Gasteiger partial charge in [0.1, 0.15) is 5.75 Å². The minimum absolute atomic E-state index is 0.137. The number of aromatic nitrogens is 4. The van der Waals surface area contributed by atoms with Gasteiger partial charge in [-0.3, -0.25) is 0 Å². The lowest BCUT2D eigenvalue weighted by atomic mass is 10.1. The topological polar surface area (TPSA) is 82.3 Å². The van der Waals surface area contributed by atoms with Gasteiger partial charge in [-0.1, -0.05) is 35.5 Å². The van der Waals surface area contributed by atoms with E-state index in [9.17, 15) is 5.11 Å². The molecule has 1 heterocycles. The van der Waals surface area contributed by atoms with Crippen LogP contribution in [-0.4, -0.2) is 50.9 Å². The molecule has 0 radical (unpaired) electrons. The molecule has 1 N–H and O–H groups in total. The number of halogens is 1. The van der Waals surface area contributed by atoms with Gasteiger partial charge in [-0.2, -0.15) is 4.68 Å². The van der Waals surface area contributed by atoms with Crippen molar-refractivity contribution < 1.29 is 14.6 Å². The Hall–Kier alpha value is -2.13. The van der Waals surface area contributed by atoms with E-state index in [2.05, 4.69) is 15.5 Å². The highest BCUT2D eigenvalue weighted by atomic mass is 35.5. The Balaban J connectivity index is 1.51. The van der Waals surface area contributed by atoms with Crippen molar-refractivity contribution in [3.8, 4) is 11.4 Å². The number of ether oxygens (including phenoxy) is 2. The monoisotopic (exact) mass is 420 g/mol. The summed E-state index contributed by atoms with van der Waals surface area (Å²) in [6, 6.07) is 14.9. The van der Waals surface area contributed by atoms with E-state index < -0.39 is 6.10 Å². The third-order valence-corrected chi connectivity index (χ3v) is 5.36. The van der Waals surface area contributed by atoms with Gasteiger partial charge in [0, 0.05) is 10.8 Å². The predicted molar refractivity (Wildman–Crippen MR) is 108 cm³/mol. The number of tetrazole rings is 1. The Bertz CT molecular complexity index is 874. The van der Waals surface area contributed by atoms with Gasteiger partial charge in [-0.15, -0.1) is 5.10 Å². The van der Waals surface area contributed by atoms with Crippen molar-refractivity contribution in [1.82, 2.24) is 20.2 Å². The Morgan fingerprint density at radius 1 is 1.14 bits per heavy atom. The fraction of sp³-hybridized carbons (Fsp3) is 0.316. The molecule has 3 rings (SSSR count). The zero-order valence-corrected chi connectivity index (χ0v) is 17.1. The molecule has 0 bridgehead atoms. The molecule has 7 nitrogen and oxygen atoms in total. The van der Waals surface area contributed by atoms with Crippen LogP contribution in [-0.2, 0) is 4.74 Å². The number of rotatable bonds is 9. The van der Waals surface area contributed by atoms with E-state index >= 15 is 0 Å². The first-order chi connectivity index (χ1) is 13.6. The van der Waals surface area contributed by atoms with Crippen molar-refractivity contribution in [3.05, 3.63) is 59.1 Å². The summed E-state index contributed by atoms with van der Waals surface area (Å²) >= 11 is 7.26. The van der Waals surface area contributed by atoms with Crippen molar-refractivity contribution in [3.63, 3.8) is 0 Å². The summed E-state index contributed by atoms with van der Waals surface area (Å²) in [6.07, 6.45) is -0.790. The number of aliphatic hydroxyl groups is 1. The molecule has 3 aromatic rings. The van der Waals surface area contributed by atoms with Crippen LogP contribution in [0.25, 0.3) is 5.69 Å². The van der Waals surface area contributed by atoms with Gasteiger partial charge in [0.25, 0.3) is 0 Å². The van der Waals surface area contributed by atoms with E-state index in [1.54, 1.807) is 11.8 Å². The summed E-state index contributed by atoms with van der Waals surface area (Å²) in [5.41, 5.74) is 1.82. The Morgan fingerprint density at radius 3 is 2.54 bits per heavy atom. The molecule has 28 heavy (non-hydrogen) atoms. The summed E-state index contributed by atoms with van der Waals surface area (Å²) in [7, 11) is 1.62. The van der Waals surface area contributed by atoms with E-state index in [4.69, 9.17) is 21.1 Å². The Kier molecular flexibility index (Phi) is 7.27. The zero-order chi connectivity index (χ0) is 19.9. The number of methoxy groups -OCH3 is 1. The highest BCUT2D eigenvalue weighted by Gasteiger charge is 2.14. The minimum Gasteiger partial charge on any atom is -0.497 e. The van der Waals surface area contributed by atoms with Gasteiger partial charge in [0.15, 0.2) is 0 Å². The number of hydrogen-bond donors (Lipinski definition) is 1. The molecule has 0 spiro atoms. The largest absolute Gasteiger partial charge is 0.497 e. The first-order valence-corrected chi connectivity index (χ1v) is 10.0. The van der Waals surface area contributed by atoms with Crippen molar-refractivity contribution in [2.45, 2.75) is 24.3 Å². The van der Waals surface area contributed by atoms with Crippen LogP contribution in [0, 0.1) is 0 Å². The van der Waals surface area contributed by atoms with Crippen LogP contribution in [0.2, 0.25) is 5.02 Å². The smallest absolute Gasteiger partial charge is 0.214 e. The molecule has 0 aliphatic rings. The second-order valence-electron chi connectivity index (χ2n) is 6.06. The standard InChI is InChI=1S/C19H21ClN4O3S/c1-13(14-3-5-15(20)6-4-14)27-11-17(25)12-28-19-21-22-23-24(19)16-7-9-18(26-2)10-8-16/h3-10,13,17,25H,11-12H2,1-2H3/t13-,17+/m1/s1. The van der Waals surface area contributed by atoms with E-state index in [-0.39, 0.29) is 12.7 Å². The van der Waals surface area contributed by atoms with Crippen LogP contribution in [0.5, 0.6) is 5.75 Å². The molecule has 0 fully saturated rings. The fourth-order valence-electron chi connectivity index (χ4n) is 2.46. The van der Waals surface area contributed by atoms with Crippen molar-refractivity contribution in [1.29, 1.82) is 0 Å². The summed E-state index contributed by atoms with van der Waals surface area (Å²) < 4.78 is 12.5. The third-order valence-electron chi connectivity index (χ3n) is 4.04. The molecule has 2 atom stereocenters. The molecule has 2 aromatic carbocycles. The van der Waals surface area contributed by atoms with Crippen molar-refractivity contribution in [2.75, 3.05) is 19.5 Å². The minimum atomic E-state index is -0.652. The van der Waals surface area contributed by atoms with E-state index in [1.807, 2.05) is 55.5 Å². The third kappa shape index (κ3) is 5.45. The maximum Gasteiger partial charge on any atom is 0.214 e. The molecular formula is C19H21ClN4O3S. The SMILES string of the molecule is COc1ccc(-n2nnnc2SC[C@@H](O)CO[C@H](C)c2ccc(Cl)cc2)cc1. The molecule has 1 aromatic heterocycles. The summed E-state index contributed by atoms with van der Waals surface area (Å²) in [5, 5.41) is 23.3. The van der Waals surface area contributed by atoms with Crippen LogP contribution in [0.4, 0.5) is 0 Å². The molecule has 0 aliphatic carbocycles. The van der Waals surface area contributed by atoms with Gasteiger partial charge < -0.3 is 14.6 Å². The maximum absolute atomic E-state index is 10.3. The highest BCUT2D eigenvalue weighted by Crippen LogP contribution is 2.22. The van der Waals surface area contributed by atoms with Gasteiger partial charge in [0.05, 0.1) is 31.6 Å². The molecule has 0 aliphatic heterocycles. The number of nitrogens with zero attached hydrogens (tertiary/aromatic N) is 4. The van der Waals surface area contributed by atoms with Crippen molar-refractivity contribution >= 4 is 23.4 Å². The van der Waals surface area contributed by atoms with Gasteiger partial charge in [0.2, 0.25) is 5.16 Å². The van der Waals surface area contributed by atoms with Gasteiger partial charge in [-0.25, -0.2) is 0 Å². The quantitative estimate of drug-likeness (QED) is 0.530. The van der Waals surface area contributed by atoms with Crippen molar-refractivity contribution in [2.24, 2.45) is 0 Å². The first kappa shape index (κ1) is 20.6. The average Bonchev–Trinajstić information content (AvgIpc) is 3.19. The molecule has 0 amide bonds. The van der Waals surface area contributed by atoms with Crippen LogP contribution in [0.15, 0.2) is 53.7 Å². The second-order valence-corrected chi connectivity index (χ2v) is 7.49. The molecule has 148 valence electrons. The Morgan fingerprint density at radius 2 is 1.86 bits per heavy atom. The van der Waals surface area contributed by atoms with Crippen LogP contribution >= 0.6 is 23.4 Å². The predicted octanol–water partition coefficient (Wildman–Crippen LogP) is 3.56. The second kappa shape index (κ2) is 9.88. The van der Waals surface area contributed by atoms with Crippen LogP contribution in [0.3, 0.4) is 0 Å². The van der Waals surface area contributed by atoms with Gasteiger partial charge in [-0.05, 0) is 59.3 Å². The Labute approximate surface area is 172 Å². The zero-order valence-electron chi connectivity index (χ0n) is 15.5. The molecular weight excluding hydrogens is 400 g/mol. The lowest BCUT2D eigenvalue weighted by Gasteiger charge is -2.16. The van der Waals surface area contributed by atoms with Crippen LogP contribution in [0.1, 0.15) is 18.6 Å². The number of aliphatic hydroxyl groups excluding tert-OH is 1. The molecule has 0 unspecified atom stereocenters. The number of thioether (sulfide) groups is 1. The fourth-order valence-corrected chi connectivity index (χ4v) is 3.38. The van der Waals surface area contributed by atoms with E-state index in [1.165, 1.54) is 11.8 Å². The summed E-state index contributed by atoms with van der Waals surface area (Å²) in [6.45, 7) is 2.15. The summed E-state index contributed by atoms with van der Waals surface area (Å²) in [5.74, 6) is 1.16. The average molecular weight is 421 g/mol. The normalized spacial score (nSPS) is 13.3. The highest BCUT2D eigenvalue weighted by molar-refractivity contribution is 7.99. The van der Waals surface area contributed by atoms with Crippen LogP contribution < -0.4 is 4.74 Å². The van der Waals surface area contributed by atoms with E-state index in [0.717, 1.165) is 17.0 Å². The van der Waals surface area contributed by atoms with E-state index in [0.29, 0.717) is 15.9 Å². The molecule has 9 heteroatoms. The van der Waals surface area contributed by atoms with Gasteiger partial charge >= 0.3 is 0 Å². The molecule has 0 saturated carbocycles. The number of benzene rings is 2. The lowest BCUT2D eigenvalue weighted by Crippen LogP contribution is -2.19. The first-order valence-electron chi connectivity index (χ1n) is 8.67.